The number of fused-ring (bicyclic) bond motifs is 1. The number of benzene rings is 2. The van der Waals surface area contributed by atoms with Crippen molar-refractivity contribution in [1.82, 2.24) is 19.7 Å². The van der Waals surface area contributed by atoms with E-state index in [0.717, 1.165) is 15.7 Å². The van der Waals surface area contributed by atoms with Crippen LogP contribution in [0.15, 0.2) is 69.2 Å². The Hall–Kier alpha value is -2.09. The summed E-state index contributed by atoms with van der Waals surface area (Å²) in [6.07, 6.45) is 1.53. The van der Waals surface area contributed by atoms with Crippen LogP contribution in [0.5, 0.6) is 0 Å². The van der Waals surface area contributed by atoms with Crippen molar-refractivity contribution < 1.29 is 0 Å². The van der Waals surface area contributed by atoms with Crippen LogP contribution in [-0.4, -0.2) is 19.7 Å². The Balaban J connectivity index is 1.68. The number of aromatic nitrogens is 4. The van der Waals surface area contributed by atoms with E-state index in [2.05, 4.69) is 31.0 Å². The van der Waals surface area contributed by atoms with Crippen LogP contribution < -0.4 is 5.56 Å². The fourth-order valence-electron chi connectivity index (χ4n) is 2.47. The van der Waals surface area contributed by atoms with Gasteiger partial charge in [0.2, 0.25) is 0 Å². The Morgan fingerprint density at radius 2 is 1.85 bits per heavy atom. The minimum absolute atomic E-state index is 0.200. The van der Waals surface area contributed by atoms with Crippen molar-refractivity contribution in [3.8, 4) is 5.69 Å². The summed E-state index contributed by atoms with van der Waals surface area (Å²) in [6.45, 7) is 0. The molecule has 0 saturated carbocycles. The second kappa shape index (κ2) is 7.26. The van der Waals surface area contributed by atoms with Crippen LogP contribution >= 0.6 is 39.3 Å². The van der Waals surface area contributed by atoms with Gasteiger partial charge >= 0.3 is 0 Å². The molecular weight excluding hydrogens is 436 g/mol. The SMILES string of the molecule is O=c1[nH]c(SCc2ccc(Br)cc2)nc2c1cnn2-c1ccc(Cl)cc1. The zero-order valence-electron chi connectivity index (χ0n) is 13.3. The number of halogens is 2. The third kappa shape index (κ3) is 3.56. The molecule has 0 aliphatic carbocycles. The molecule has 2 heterocycles. The van der Waals surface area contributed by atoms with Gasteiger partial charge < -0.3 is 4.98 Å². The molecule has 2 aromatic carbocycles. The average Bonchev–Trinajstić information content (AvgIpc) is 3.06. The summed E-state index contributed by atoms with van der Waals surface area (Å²) in [4.78, 5) is 19.8. The van der Waals surface area contributed by atoms with Gasteiger partial charge in [-0.1, -0.05) is 51.4 Å². The summed E-state index contributed by atoms with van der Waals surface area (Å²) in [6, 6.07) is 15.3. The Bertz CT molecular complexity index is 1120. The van der Waals surface area contributed by atoms with Gasteiger partial charge in [0, 0.05) is 15.2 Å². The van der Waals surface area contributed by atoms with Gasteiger partial charge in [-0.2, -0.15) is 5.10 Å². The molecule has 0 aliphatic rings. The minimum atomic E-state index is -0.200. The van der Waals surface area contributed by atoms with Crippen LogP contribution in [0.1, 0.15) is 5.56 Å². The predicted octanol–water partition coefficient (Wildman–Crippen LogP) is 4.82. The molecule has 4 rings (SSSR count). The van der Waals surface area contributed by atoms with Crippen LogP contribution in [0.4, 0.5) is 0 Å². The maximum Gasteiger partial charge on any atom is 0.262 e. The maximum absolute atomic E-state index is 12.4. The van der Waals surface area contributed by atoms with Gasteiger partial charge in [0.05, 0.1) is 11.9 Å². The van der Waals surface area contributed by atoms with Crippen LogP contribution in [0.25, 0.3) is 16.7 Å². The van der Waals surface area contributed by atoms with Crippen LogP contribution in [0.2, 0.25) is 5.02 Å². The molecule has 0 spiro atoms. The highest BCUT2D eigenvalue weighted by molar-refractivity contribution is 9.10. The van der Waals surface area contributed by atoms with Gasteiger partial charge in [0.15, 0.2) is 10.8 Å². The summed E-state index contributed by atoms with van der Waals surface area (Å²) in [5, 5.41) is 5.95. The molecule has 2 aromatic heterocycles. The van der Waals surface area contributed by atoms with Crippen molar-refractivity contribution in [3.05, 3.63) is 80.1 Å². The highest BCUT2D eigenvalue weighted by Crippen LogP contribution is 2.22. The van der Waals surface area contributed by atoms with E-state index in [9.17, 15) is 4.79 Å². The zero-order valence-corrected chi connectivity index (χ0v) is 16.5. The number of thioether (sulfide) groups is 1. The average molecular weight is 448 g/mol. The number of nitrogens with one attached hydrogen (secondary N) is 1. The molecule has 5 nitrogen and oxygen atoms in total. The lowest BCUT2D eigenvalue weighted by Crippen LogP contribution is -2.09. The van der Waals surface area contributed by atoms with Gasteiger partial charge in [0.25, 0.3) is 5.56 Å². The van der Waals surface area contributed by atoms with Crippen molar-refractivity contribution >= 4 is 50.3 Å². The van der Waals surface area contributed by atoms with E-state index >= 15 is 0 Å². The highest BCUT2D eigenvalue weighted by Gasteiger charge is 2.12. The normalized spacial score (nSPS) is 11.2. The van der Waals surface area contributed by atoms with Gasteiger partial charge in [-0.3, -0.25) is 4.79 Å². The molecule has 26 heavy (non-hydrogen) atoms. The first-order chi connectivity index (χ1) is 12.6. The standard InChI is InChI=1S/C18H12BrClN4OS/c19-12-3-1-11(2-4-12)10-26-18-22-16-15(17(25)23-18)9-21-24(16)14-7-5-13(20)6-8-14/h1-9H,10H2,(H,22,23,25). The first kappa shape index (κ1) is 17.3. The molecule has 0 amide bonds. The topological polar surface area (TPSA) is 63.6 Å². The molecule has 0 radical (unpaired) electrons. The van der Waals surface area contributed by atoms with Crippen molar-refractivity contribution in [2.24, 2.45) is 0 Å². The van der Waals surface area contributed by atoms with E-state index in [0.29, 0.717) is 27.0 Å². The fourth-order valence-corrected chi connectivity index (χ4v) is 3.67. The minimum Gasteiger partial charge on any atom is -0.301 e. The molecule has 0 atom stereocenters. The lowest BCUT2D eigenvalue weighted by atomic mass is 10.2. The van der Waals surface area contributed by atoms with Crippen molar-refractivity contribution in [2.45, 2.75) is 10.9 Å². The van der Waals surface area contributed by atoms with Crippen LogP contribution in [0.3, 0.4) is 0 Å². The predicted molar refractivity (Wildman–Crippen MR) is 108 cm³/mol. The molecule has 1 N–H and O–H groups in total. The quantitative estimate of drug-likeness (QED) is 0.360. The van der Waals surface area contributed by atoms with Crippen LogP contribution in [0, 0.1) is 0 Å². The van der Waals surface area contributed by atoms with Crippen molar-refractivity contribution in [3.63, 3.8) is 0 Å². The summed E-state index contributed by atoms with van der Waals surface area (Å²) in [5.41, 5.74) is 2.27. The number of nitrogens with zero attached hydrogens (tertiary/aromatic N) is 3. The molecule has 0 aliphatic heterocycles. The summed E-state index contributed by atoms with van der Waals surface area (Å²) < 4.78 is 2.68. The number of hydrogen-bond acceptors (Lipinski definition) is 4. The summed E-state index contributed by atoms with van der Waals surface area (Å²) >= 11 is 10.8. The van der Waals surface area contributed by atoms with Gasteiger partial charge in [-0.05, 0) is 42.0 Å². The highest BCUT2D eigenvalue weighted by atomic mass is 79.9. The fraction of sp³-hybridized carbons (Fsp3) is 0.0556. The molecule has 4 aromatic rings. The summed E-state index contributed by atoms with van der Waals surface area (Å²) in [5.74, 6) is 0.705. The number of hydrogen-bond donors (Lipinski definition) is 1. The third-order valence-corrected chi connectivity index (χ3v) is 5.50. The van der Waals surface area contributed by atoms with Crippen molar-refractivity contribution in [2.75, 3.05) is 0 Å². The lowest BCUT2D eigenvalue weighted by molar-refractivity contribution is 0.873. The first-order valence-electron chi connectivity index (χ1n) is 7.71. The van der Waals surface area contributed by atoms with Gasteiger partial charge in [-0.15, -0.1) is 0 Å². The molecular formula is C18H12BrClN4OS. The van der Waals surface area contributed by atoms with E-state index < -0.39 is 0 Å². The smallest absolute Gasteiger partial charge is 0.262 e. The van der Waals surface area contributed by atoms with Crippen molar-refractivity contribution in [1.29, 1.82) is 0 Å². The maximum atomic E-state index is 12.4. The Labute approximate surface area is 166 Å². The largest absolute Gasteiger partial charge is 0.301 e. The number of aromatic amines is 1. The lowest BCUT2D eigenvalue weighted by Gasteiger charge is -2.05. The monoisotopic (exact) mass is 446 g/mol. The van der Waals surface area contributed by atoms with E-state index in [-0.39, 0.29) is 5.56 Å². The summed E-state index contributed by atoms with van der Waals surface area (Å²) in [7, 11) is 0. The molecule has 0 bridgehead atoms. The zero-order chi connectivity index (χ0) is 18.1. The van der Waals surface area contributed by atoms with Crippen LogP contribution in [-0.2, 0) is 5.75 Å². The van der Waals surface area contributed by atoms with E-state index in [4.69, 9.17) is 11.6 Å². The number of H-pyrrole nitrogens is 1. The van der Waals surface area contributed by atoms with E-state index in [1.54, 1.807) is 16.8 Å². The first-order valence-corrected chi connectivity index (χ1v) is 9.87. The number of rotatable bonds is 4. The molecule has 8 heteroatoms. The Kier molecular flexibility index (Phi) is 4.84. The van der Waals surface area contributed by atoms with Gasteiger partial charge in [-0.25, -0.2) is 9.67 Å². The Morgan fingerprint density at radius 1 is 1.12 bits per heavy atom. The third-order valence-electron chi connectivity index (χ3n) is 3.78. The second-order valence-electron chi connectivity index (χ2n) is 5.56. The van der Waals surface area contributed by atoms with E-state index in [1.807, 2.05) is 36.4 Å². The van der Waals surface area contributed by atoms with Gasteiger partial charge in [0.1, 0.15) is 5.39 Å². The molecule has 0 saturated heterocycles. The molecule has 130 valence electrons. The van der Waals surface area contributed by atoms with E-state index in [1.165, 1.54) is 18.0 Å². The molecule has 0 unspecified atom stereocenters. The molecule has 0 fully saturated rings. The Morgan fingerprint density at radius 3 is 2.58 bits per heavy atom. The second-order valence-corrected chi connectivity index (χ2v) is 7.87.